The number of hydrogen-bond donors (Lipinski definition) is 0. The highest BCUT2D eigenvalue weighted by Crippen LogP contribution is 2.24. The molecule has 0 saturated carbocycles. The zero-order valence-corrected chi connectivity index (χ0v) is 17.5. The van der Waals surface area contributed by atoms with E-state index in [-0.39, 0.29) is 36.0 Å². The fraction of sp³-hybridized carbons (Fsp3) is 0.471. The van der Waals surface area contributed by atoms with Crippen molar-refractivity contribution >= 4 is 20.0 Å². The summed E-state index contributed by atoms with van der Waals surface area (Å²) in [6.07, 6.45) is 1.48. The molecule has 1 fully saturated rings. The van der Waals surface area contributed by atoms with Gasteiger partial charge >= 0.3 is 0 Å². The summed E-state index contributed by atoms with van der Waals surface area (Å²) in [6.45, 7) is 5.90. The van der Waals surface area contributed by atoms with E-state index in [1.54, 1.807) is 32.2 Å². The number of aromatic nitrogens is 2. The van der Waals surface area contributed by atoms with Gasteiger partial charge < -0.3 is 0 Å². The minimum absolute atomic E-state index is 0.112. The van der Waals surface area contributed by atoms with Gasteiger partial charge in [0.15, 0.2) is 0 Å². The second-order valence-electron chi connectivity index (χ2n) is 6.81. The maximum absolute atomic E-state index is 12.9. The molecule has 0 atom stereocenters. The maximum atomic E-state index is 12.9. The normalized spacial score (nSPS) is 17.3. The van der Waals surface area contributed by atoms with Crippen molar-refractivity contribution in [2.45, 2.75) is 30.6 Å². The lowest BCUT2D eigenvalue weighted by molar-refractivity contribution is 0.272. The Bertz CT molecular complexity index is 1070. The van der Waals surface area contributed by atoms with Crippen LogP contribution < -0.4 is 0 Å². The molecule has 0 N–H and O–H groups in total. The molecule has 0 unspecified atom stereocenters. The summed E-state index contributed by atoms with van der Waals surface area (Å²) in [5, 5.41) is 4.09. The molecule has 148 valence electrons. The smallest absolute Gasteiger partial charge is 0.246 e. The highest BCUT2D eigenvalue weighted by molar-refractivity contribution is 7.89. The van der Waals surface area contributed by atoms with Crippen LogP contribution in [0.3, 0.4) is 0 Å². The monoisotopic (exact) mass is 412 g/mol. The standard InChI is InChI=1S/C17H24N4O4S2/c1-13-5-6-16(11-14(13)2)26(22,23)20-7-9-21(10-8-20)27(24,25)17-12-19(4)18-15(17)3/h5-6,11-12H,7-10H2,1-4H3. The number of hydrogen-bond acceptors (Lipinski definition) is 5. The van der Waals surface area contributed by atoms with E-state index in [0.717, 1.165) is 11.1 Å². The maximum Gasteiger partial charge on any atom is 0.246 e. The second-order valence-corrected chi connectivity index (χ2v) is 10.7. The van der Waals surface area contributed by atoms with Gasteiger partial charge in [-0.25, -0.2) is 16.8 Å². The predicted molar refractivity (Wildman–Crippen MR) is 101 cm³/mol. The molecule has 3 rings (SSSR count). The molecule has 27 heavy (non-hydrogen) atoms. The van der Waals surface area contributed by atoms with Gasteiger partial charge in [0, 0.05) is 39.4 Å². The van der Waals surface area contributed by atoms with Crippen LogP contribution in [0.15, 0.2) is 34.2 Å². The van der Waals surface area contributed by atoms with E-state index in [2.05, 4.69) is 5.10 Å². The van der Waals surface area contributed by atoms with E-state index in [9.17, 15) is 16.8 Å². The first kappa shape index (κ1) is 20.0. The first-order chi connectivity index (χ1) is 12.5. The van der Waals surface area contributed by atoms with Crippen molar-refractivity contribution < 1.29 is 16.8 Å². The average molecular weight is 413 g/mol. The molecular formula is C17H24N4O4S2. The van der Waals surface area contributed by atoms with Gasteiger partial charge in [-0.3, -0.25) is 4.68 Å². The Labute approximate surface area is 160 Å². The lowest BCUT2D eigenvalue weighted by atomic mass is 10.1. The molecule has 1 aliphatic heterocycles. The molecule has 0 spiro atoms. The van der Waals surface area contributed by atoms with Crippen LogP contribution in [0.25, 0.3) is 0 Å². The first-order valence-corrected chi connectivity index (χ1v) is 11.5. The van der Waals surface area contributed by atoms with E-state index in [1.807, 2.05) is 13.8 Å². The summed E-state index contributed by atoms with van der Waals surface area (Å²) < 4.78 is 55.6. The highest BCUT2D eigenvalue weighted by atomic mass is 32.2. The summed E-state index contributed by atoms with van der Waals surface area (Å²) >= 11 is 0. The number of rotatable bonds is 4. The van der Waals surface area contributed by atoms with E-state index in [0.29, 0.717) is 5.69 Å². The molecule has 8 nitrogen and oxygen atoms in total. The van der Waals surface area contributed by atoms with Crippen LogP contribution >= 0.6 is 0 Å². The van der Waals surface area contributed by atoms with Crippen LogP contribution in [-0.4, -0.2) is 61.4 Å². The van der Waals surface area contributed by atoms with Gasteiger partial charge in [0.2, 0.25) is 20.0 Å². The van der Waals surface area contributed by atoms with Crippen LogP contribution in [0.4, 0.5) is 0 Å². The molecule has 0 amide bonds. The van der Waals surface area contributed by atoms with E-state index in [1.165, 1.54) is 19.5 Å². The van der Waals surface area contributed by atoms with Crippen LogP contribution in [0.1, 0.15) is 16.8 Å². The Balaban J connectivity index is 1.78. The van der Waals surface area contributed by atoms with Gasteiger partial charge in [-0.2, -0.15) is 13.7 Å². The molecule has 2 heterocycles. The van der Waals surface area contributed by atoms with Gasteiger partial charge in [0.05, 0.1) is 10.6 Å². The molecule has 1 aromatic carbocycles. The third-order valence-corrected chi connectivity index (χ3v) is 8.80. The van der Waals surface area contributed by atoms with Crippen molar-refractivity contribution in [3.05, 3.63) is 41.2 Å². The zero-order valence-electron chi connectivity index (χ0n) is 15.9. The van der Waals surface area contributed by atoms with Crippen molar-refractivity contribution in [3.63, 3.8) is 0 Å². The fourth-order valence-electron chi connectivity index (χ4n) is 3.14. The minimum Gasteiger partial charge on any atom is -0.274 e. The number of benzene rings is 1. The van der Waals surface area contributed by atoms with Gasteiger partial charge in [0.1, 0.15) is 4.90 Å². The number of piperazine rings is 1. The molecule has 1 aliphatic rings. The number of nitrogens with zero attached hydrogens (tertiary/aromatic N) is 4. The molecule has 0 bridgehead atoms. The zero-order chi connectivity index (χ0) is 20.0. The second kappa shape index (κ2) is 7.01. The molecule has 0 aliphatic carbocycles. The molecule has 2 aromatic rings. The molecule has 1 saturated heterocycles. The Hall–Kier alpha value is -1.75. The van der Waals surface area contributed by atoms with Crippen LogP contribution in [0.5, 0.6) is 0 Å². The lowest BCUT2D eigenvalue weighted by Gasteiger charge is -2.33. The Morgan fingerprint density at radius 3 is 1.89 bits per heavy atom. The lowest BCUT2D eigenvalue weighted by Crippen LogP contribution is -2.50. The van der Waals surface area contributed by atoms with Crippen molar-refractivity contribution in [1.29, 1.82) is 0 Å². The molecule has 0 radical (unpaired) electrons. The van der Waals surface area contributed by atoms with E-state index >= 15 is 0 Å². The average Bonchev–Trinajstić information content (AvgIpc) is 2.96. The summed E-state index contributed by atoms with van der Waals surface area (Å²) in [6, 6.07) is 5.04. The predicted octanol–water partition coefficient (Wildman–Crippen LogP) is 1.04. The van der Waals surface area contributed by atoms with Crippen molar-refractivity contribution in [2.24, 2.45) is 7.05 Å². The van der Waals surface area contributed by atoms with E-state index < -0.39 is 20.0 Å². The highest BCUT2D eigenvalue weighted by Gasteiger charge is 2.35. The molecular weight excluding hydrogens is 388 g/mol. The third kappa shape index (κ3) is 3.66. The Kier molecular flexibility index (Phi) is 5.19. The van der Waals surface area contributed by atoms with Crippen molar-refractivity contribution in [2.75, 3.05) is 26.2 Å². The molecule has 1 aromatic heterocycles. The summed E-state index contributed by atoms with van der Waals surface area (Å²) in [4.78, 5) is 0.403. The van der Waals surface area contributed by atoms with E-state index in [4.69, 9.17) is 0 Å². The summed E-state index contributed by atoms with van der Waals surface area (Å²) in [5.41, 5.74) is 2.36. The minimum atomic E-state index is -3.69. The Morgan fingerprint density at radius 2 is 1.41 bits per heavy atom. The third-order valence-electron chi connectivity index (χ3n) is 4.90. The SMILES string of the molecule is Cc1ccc(S(=O)(=O)N2CCN(S(=O)(=O)c3cn(C)nc3C)CC2)cc1C. The largest absolute Gasteiger partial charge is 0.274 e. The van der Waals surface area contributed by atoms with Crippen molar-refractivity contribution in [1.82, 2.24) is 18.4 Å². The summed E-state index contributed by atoms with van der Waals surface area (Å²) in [7, 11) is -5.67. The quantitative estimate of drug-likeness (QED) is 0.748. The summed E-state index contributed by atoms with van der Waals surface area (Å²) in [5.74, 6) is 0. The fourth-order valence-corrected chi connectivity index (χ4v) is 6.27. The first-order valence-electron chi connectivity index (χ1n) is 8.61. The van der Waals surface area contributed by atoms with Crippen LogP contribution in [0.2, 0.25) is 0 Å². The van der Waals surface area contributed by atoms with Gasteiger partial charge in [-0.05, 0) is 44.0 Å². The van der Waals surface area contributed by atoms with Gasteiger partial charge in [-0.1, -0.05) is 6.07 Å². The topological polar surface area (TPSA) is 92.6 Å². The molecule has 10 heteroatoms. The van der Waals surface area contributed by atoms with Crippen molar-refractivity contribution in [3.8, 4) is 0 Å². The van der Waals surface area contributed by atoms with Crippen LogP contribution in [-0.2, 0) is 27.1 Å². The number of aryl methyl sites for hydroxylation is 4. The Morgan fingerprint density at radius 1 is 0.852 bits per heavy atom. The van der Waals surface area contributed by atoms with Gasteiger partial charge in [-0.15, -0.1) is 0 Å². The van der Waals surface area contributed by atoms with Gasteiger partial charge in [0.25, 0.3) is 0 Å². The number of sulfonamides is 2. The van der Waals surface area contributed by atoms with Crippen LogP contribution in [0, 0.1) is 20.8 Å².